The van der Waals surface area contributed by atoms with Crippen LogP contribution in [0.5, 0.6) is 0 Å². The first kappa shape index (κ1) is 15.1. The number of carbonyl (C=O) groups is 1. The SMILES string of the molecule is CNCCN(C)C(=O)c1cc(=O)n(-c2ccc(C)cc2)[nH]1. The van der Waals surface area contributed by atoms with Gasteiger partial charge in [0.2, 0.25) is 0 Å². The maximum atomic E-state index is 12.2. The molecule has 0 unspecified atom stereocenters. The molecule has 0 saturated carbocycles. The van der Waals surface area contributed by atoms with Crippen molar-refractivity contribution in [2.24, 2.45) is 0 Å². The zero-order chi connectivity index (χ0) is 15.4. The van der Waals surface area contributed by atoms with Gasteiger partial charge in [-0.15, -0.1) is 0 Å². The van der Waals surface area contributed by atoms with Crippen LogP contribution in [-0.2, 0) is 0 Å². The maximum absolute atomic E-state index is 12.2. The Hall–Kier alpha value is -2.34. The number of aryl methyl sites for hydroxylation is 1. The molecule has 1 heterocycles. The van der Waals surface area contributed by atoms with Crippen molar-refractivity contribution in [2.75, 3.05) is 27.2 Å². The van der Waals surface area contributed by atoms with Gasteiger partial charge in [-0.1, -0.05) is 17.7 Å². The first-order chi connectivity index (χ1) is 10.0. The van der Waals surface area contributed by atoms with Gasteiger partial charge in [-0.05, 0) is 26.1 Å². The monoisotopic (exact) mass is 288 g/mol. The highest BCUT2D eigenvalue weighted by atomic mass is 16.2. The van der Waals surface area contributed by atoms with E-state index in [1.807, 2.05) is 38.2 Å². The third-order valence-corrected chi connectivity index (χ3v) is 3.29. The van der Waals surface area contributed by atoms with E-state index in [9.17, 15) is 9.59 Å². The average molecular weight is 288 g/mol. The van der Waals surface area contributed by atoms with Crippen LogP contribution in [0.1, 0.15) is 16.1 Å². The highest BCUT2D eigenvalue weighted by Gasteiger charge is 2.15. The minimum atomic E-state index is -0.246. The number of carbonyl (C=O) groups excluding carboxylic acids is 1. The van der Waals surface area contributed by atoms with Gasteiger partial charge >= 0.3 is 0 Å². The van der Waals surface area contributed by atoms with Crippen LogP contribution in [0, 0.1) is 6.92 Å². The first-order valence-electron chi connectivity index (χ1n) is 6.82. The fourth-order valence-corrected chi connectivity index (χ4v) is 1.98. The van der Waals surface area contributed by atoms with Crippen molar-refractivity contribution >= 4 is 5.91 Å². The number of hydrogen-bond acceptors (Lipinski definition) is 3. The minimum Gasteiger partial charge on any atom is -0.339 e. The van der Waals surface area contributed by atoms with Gasteiger partial charge in [-0.3, -0.25) is 14.7 Å². The normalized spacial score (nSPS) is 10.6. The van der Waals surface area contributed by atoms with E-state index >= 15 is 0 Å². The van der Waals surface area contributed by atoms with E-state index in [2.05, 4.69) is 10.4 Å². The molecule has 0 aliphatic heterocycles. The van der Waals surface area contributed by atoms with Crippen LogP contribution in [0.15, 0.2) is 35.1 Å². The Morgan fingerprint density at radius 1 is 1.33 bits per heavy atom. The summed E-state index contributed by atoms with van der Waals surface area (Å²) in [5.74, 6) is -0.201. The summed E-state index contributed by atoms with van der Waals surface area (Å²) < 4.78 is 1.37. The maximum Gasteiger partial charge on any atom is 0.271 e. The summed E-state index contributed by atoms with van der Waals surface area (Å²) in [6, 6.07) is 8.85. The number of aromatic amines is 1. The summed E-state index contributed by atoms with van der Waals surface area (Å²) in [5, 5.41) is 5.85. The van der Waals surface area contributed by atoms with E-state index in [1.54, 1.807) is 11.9 Å². The fraction of sp³-hybridized carbons (Fsp3) is 0.333. The van der Waals surface area contributed by atoms with Crippen LogP contribution in [0.25, 0.3) is 5.69 Å². The number of likely N-dealkylation sites (N-methyl/N-ethyl adjacent to an activating group) is 2. The van der Waals surface area contributed by atoms with E-state index in [0.29, 0.717) is 24.5 Å². The number of nitrogens with one attached hydrogen (secondary N) is 2. The van der Waals surface area contributed by atoms with Gasteiger partial charge in [0.1, 0.15) is 5.69 Å². The van der Waals surface area contributed by atoms with Crippen LogP contribution < -0.4 is 10.9 Å². The number of H-pyrrole nitrogens is 1. The molecule has 1 aromatic heterocycles. The Kier molecular flexibility index (Phi) is 4.59. The van der Waals surface area contributed by atoms with E-state index in [0.717, 1.165) is 5.56 Å². The smallest absolute Gasteiger partial charge is 0.271 e. The van der Waals surface area contributed by atoms with Crippen molar-refractivity contribution in [3.05, 3.63) is 51.9 Å². The predicted octanol–water partition coefficient (Wildman–Crippen LogP) is 0.765. The third-order valence-electron chi connectivity index (χ3n) is 3.29. The zero-order valence-electron chi connectivity index (χ0n) is 12.5. The lowest BCUT2D eigenvalue weighted by molar-refractivity contribution is 0.0790. The molecule has 6 nitrogen and oxygen atoms in total. The second kappa shape index (κ2) is 6.41. The summed E-state index contributed by atoms with van der Waals surface area (Å²) in [6.07, 6.45) is 0. The molecule has 2 aromatic rings. The summed E-state index contributed by atoms with van der Waals surface area (Å²) >= 11 is 0. The Bertz CT molecular complexity index is 670. The quantitative estimate of drug-likeness (QED) is 0.853. The molecule has 0 saturated heterocycles. The van der Waals surface area contributed by atoms with Crippen LogP contribution in [0.2, 0.25) is 0 Å². The van der Waals surface area contributed by atoms with Crippen molar-refractivity contribution in [1.29, 1.82) is 0 Å². The predicted molar refractivity (Wildman–Crippen MR) is 82.0 cm³/mol. The molecular formula is C15H20N4O2. The van der Waals surface area contributed by atoms with Gasteiger partial charge in [0.15, 0.2) is 0 Å². The second-order valence-electron chi connectivity index (χ2n) is 5.01. The second-order valence-corrected chi connectivity index (χ2v) is 5.01. The van der Waals surface area contributed by atoms with E-state index < -0.39 is 0 Å². The van der Waals surface area contributed by atoms with Crippen molar-refractivity contribution < 1.29 is 4.79 Å². The lowest BCUT2D eigenvalue weighted by Gasteiger charge is -2.15. The number of amides is 1. The summed E-state index contributed by atoms with van der Waals surface area (Å²) in [5.41, 5.74) is 1.87. The lowest BCUT2D eigenvalue weighted by atomic mass is 10.2. The molecule has 2 N–H and O–H groups in total. The van der Waals surface area contributed by atoms with Gasteiger partial charge in [0.05, 0.1) is 5.69 Å². The molecule has 0 bridgehead atoms. The number of rotatable bonds is 5. The van der Waals surface area contributed by atoms with Crippen LogP contribution in [0.3, 0.4) is 0 Å². The van der Waals surface area contributed by atoms with Crippen LogP contribution in [0.4, 0.5) is 0 Å². The molecule has 1 amide bonds. The molecule has 21 heavy (non-hydrogen) atoms. The Balaban J connectivity index is 2.25. The first-order valence-corrected chi connectivity index (χ1v) is 6.82. The van der Waals surface area contributed by atoms with Crippen LogP contribution >= 0.6 is 0 Å². The van der Waals surface area contributed by atoms with Gasteiger partial charge in [-0.25, -0.2) is 4.68 Å². The van der Waals surface area contributed by atoms with E-state index in [4.69, 9.17) is 0 Å². The summed E-state index contributed by atoms with van der Waals surface area (Å²) in [6.45, 7) is 3.26. The van der Waals surface area contributed by atoms with Gasteiger partial charge in [-0.2, -0.15) is 0 Å². The largest absolute Gasteiger partial charge is 0.339 e. The Morgan fingerprint density at radius 2 is 2.00 bits per heavy atom. The zero-order valence-corrected chi connectivity index (χ0v) is 12.5. The number of nitrogens with zero attached hydrogens (tertiary/aromatic N) is 2. The van der Waals surface area contributed by atoms with Crippen LogP contribution in [-0.4, -0.2) is 47.8 Å². The van der Waals surface area contributed by atoms with Crippen molar-refractivity contribution in [3.63, 3.8) is 0 Å². The highest BCUT2D eigenvalue weighted by molar-refractivity contribution is 5.92. The number of aromatic nitrogens is 2. The molecule has 6 heteroatoms. The van der Waals surface area contributed by atoms with E-state index in [-0.39, 0.29) is 11.5 Å². The fourth-order valence-electron chi connectivity index (χ4n) is 1.98. The molecule has 0 atom stereocenters. The summed E-state index contributed by atoms with van der Waals surface area (Å²) in [7, 11) is 3.54. The number of hydrogen-bond donors (Lipinski definition) is 2. The molecule has 0 aliphatic carbocycles. The Labute approximate surface area is 123 Å². The standard InChI is InChI=1S/C15H20N4O2/c1-11-4-6-12(7-5-11)19-14(20)10-13(17-19)15(21)18(3)9-8-16-2/h4-7,10,16-17H,8-9H2,1-3H3. The average Bonchev–Trinajstić information content (AvgIpc) is 2.86. The van der Waals surface area contributed by atoms with Gasteiger partial charge in [0, 0.05) is 26.2 Å². The van der Waals surface area contributed by atoms with Crippen molar-refractivity contribution in [2.45, 2.75) is 6.92 Å². The van der Waals surface area contributed by atoms with E-state index in [1.165, 1.54) is 10.7 Å². The molecule has 0 spiro atoms. The summed E-state index contributed by atoms with van der Waals surface area (Å²) in [4.78, 5) is 25.8. The highest BCUT2D eigenvalue weighted by Crippen LogP contribution is 2.07. The Morgan fingerprint density at radius 3 is 2.62 bits per heavy atom. The topological polar surface area (TPSA) is 70.1 Å². The molecule has 112 valence electrons. The molecular weight excluding hydrogens is 268 g/mol. The van der Waals surface area contributed by atoms with Gasteiger partial charge < -0.3 is 10.2 Å². The molecule has 2 rings (SSSR count). The third kappa shape index (κ3) is 3.41. The minimum absolute atomic E-state index is 0.201. The van der Waals surface area contributed by atoms with Gasteiger partial charge in [0.25, 0.3) is 11.5 Å². The molecule has 0 radical (unpaired) electrons. The lowest BCUT2D eigenvalue weighted by Crippen LogP contribution is -2.33. The van der Waals surface area contributed by atoms with Crippen molar-refractivity contribution in [1.82, 2.24) is 20.0 Å². The van der Waals surface area contributed by atoms with Crippen molar-refractivity contribution in [3.8, 4) is 5.69 Å². The number of benzene rings is 1. The molecule has 1 aromatic carbocycles. The molecule has 0 fully saturated rings. The molecule has 0 aliphatic rings.